The molecule has 1 heterocycles. The number of methoxy groups -OCH3 is 1. The molecule has 0 aliphatic carbocycles. The zero-order chi connectivity index (χ0) is 13.1. The summed E-state index contributed by atoms with van der Waals surface area (Å²) in [4.78, 5) is 8.36. The number of nitrogen functional groups attached to an aromatic ring is 1. The van der Waals surface area contributed by atoms with E-state index < -0.39 is 0 Å². The number of anilines is 1. The van der Waals surface area contributed by atoms with E-state index in [0.29, 0.717) is 22.9 Å². The maximum absolute atomic E-state index is 13.3. The van der Waals surface area contributed by atoms with Gasteiger partial charge < -0.3 is 10.5 Å². The molecule has 1 aromatic heterocycles. The lowest BCUT2D eigenvalue weighted by atomic mass is 10.1. The molecule has 0 atom stereocenters. The van der Waals surface area contributed by atoms with Crippen molar-refractivity contribution in [3.05, 3.63) is 41.5 Å². The normalized spacial score (nSPS) is 10.6. The van der Waals surface area contributed by atoms with Gasteiger partial charge in [0.1, 0.15) is 18.2 Å². The van der Waals surface area contributed by atoms with E-state index in [1.165, 1.54) is 12.1 Å². The Balaban J connectivity index is 2.52. The van der Waals surface area contributed by atoms with E-state index in [0.717, 1.165) is 5.56 Å². The van der Waals surface area contributed by atoms with E-state index in [1.54, 1.807) is 19.2 Å². The molecule has 0 saturated carbocycles. The van der Waals surface area contributed by atoms with Gasteiger partial charge in [-0.2, -0.15) is 0 Å². The Morgan fingerprint density at radius 3 is 2.78 bits per heavy atom. The summed E-state index contributed by atoms with van der Waals surface area (Å²) >= 11 is 0. The molecule has 0 bridgehead atoms. The number of hydrogen-bond donors (Lipinski definition) is 1. The minimum absolute atomic E-state index is 0.270. The van der Waals surface area contributed by atoms with Crippen LogP contribution in [0.2, 0.25) is 0 Å². The highest BCUT2D eigenvalue weighted by Crippen LogP contribution is 2.23. The Morgan fingerprint density at radius 2 is 2.06 bits per heavy atom. The van der Waals surface area contributed by atoms with Crippen LogP contribution in [-0.2, 0) is 11.3 Å². The zero-order valence-electron chi connectivity index (χ0n) is 10.3. The predicted molar refractivity (Wildman–Crippen MR) is 67.3 cm³/mol. The lowest BCUT2D eigenvalue weighted by molar-refractivity contribution is 0.178. The van der Waals surface area contributed by atoms with Crippen molar-refractivity contribution < 1.29 is 9.13 Å². The van der Waals surface area contributed by atoms with E-state index in [-0.39, 0.29) is 12.4 Å². The fraction of sp³-hybridized carbons (Fsp3) is 0.231. The molecule has 0 aliphatic rings. The maximum atomic E-state index is 13.3. The van der Waals surface area contributed by atoms with Crippen LogP contribution >= 0.6 is 0 Å². The number of aryl methyl sites for hydroxylation is 1. The first-order chi connectivity index (χ1) is 8.60. The molecule has 0 aliphatic heterocycles. The molecule has 2 N–H and O–H groups in total. The monoisotopic (exact) mass is 247 g/mol. The largest absolute Gasteiger partial charge is 0.384 e. The van der Waals surface area contributed by atoms with Crippen LogP contribution in [0.4, 0.5) is 10.2 Å². The first-order valence-corrected chi connectivity index (χ1v) is 5.49. The van der Waals surface area contributed by atoms with Crippen molar-refractivity contribution in [1.29, 1.82) is 0 Å². The summed E-state index contributed by atoms with van der Waals surface area (Å²) in [7, 11) is 1.56. The maximum Gasteiger partial charge on any atom is 0.157 e. The van der Waals surface area contributed by atoms with Crippen molar-refractivity contribution in [3.8, 4) is 11.3 Å². The number of rotatable bonds is 3. The second-order valence-electron chi connectivity index (χ2n) is 3.99. The van der Waals surface area contributed by atoms with Crippen molar-refractivity contribution in [2.45, 2.75) is 13.5 Å². The number of ether oxygens (including phenoxy) is 1. The van der Waals surface area contributed by atoms with Crippen LogP contribution in [0, 0.1) is 12.7 Å². The van der Waals surface area contributed by atoms with Crippen molar-refractivity contribution in [1.82, 2.24) is 9.97 Å². The van der Waals surface area contributed by atoms with Crippen LogP contribution in [0.15, 0.2) is 24.3 Å². The van der Waals surface area contributed by atoms with Crippen LogP contribution in [0.1, 0.15) is 11.4 Å². The number of aromatic nitrogens is 2. The molecule has 0 fully saturated rings. The Morgan fingerprint density at radius 1 is 1.28 bits per heavy atom. The van der Waals surface area contributed by atoms with Gasteiger partial charge in [0.25, 0.3) is 0 Å². The van der Waals surface area contributed by atoms with Gasteiger partial charge in [0.2, 0.25) is 0 Å². The number of benzene rings is 1. The van der Waals surface area contributed by atoms with Gasteiger partial charge in [-0.15, -0.1) is 0 Å². The molecule has 5 heteroatoms. The summed E-state index contributed by atoms with van der Waals surface area (Å²) in [6.45, 7) is 2.16. The molecule has 0 unspecified atom stereocenters. The molecular weight excluding hydrogens is 233 g/mol. The quantitative estimate of drug-likeness (QED) is 0.904. The number of nitrogens with zero attached hydrogens (tertiary/aromatic N) is 2. The summed E-state index contributed by atoms with van der Waals surface area (Å²) in [5.41, 5.74) is 7.96. The van der Waals surface area contributed by atoms with Gasteiger partial charge in [-0.1, -0.05) is 6.07 Å². The zero-order valence-corrected chi connectivity index (χ0v) is 10.3. The average Bonchev–Trinajstić information content (AvgIpc) is 2.32. The van der Waals surface area contributed by atoms with Crippen LogP contribution in [0.3, 0.4) is 0 Å². The summed E-state index contributed by atoms with van der Waals surface area (Å²) in [6, 6.07) is 6.19. The molecule has 0 spiro atoms. The minimum Gasteiger partial charge on any atom is -0.384 e. The highest BCUT2D eigenvalue weighted by atomic mass is 19.1. The molecule has 2 rings (SSSR count). The number of nitrogens with two attached hydrogens (primary N) is 1. The topological polar surface area (TPSA) is 61.0 Å². The van der Waals surface area contributed by atoms with Crippen molar-refractivity contribution >= 4 is 5.82 Å². The van der Waals surface area contributed by atoms with Gasteiger partial charge in [0.15, 0.2) is 5.82 Å². The number of hydrogen-bond acceptors (Lipinski definition) is 4. The summed E-state index contributed by atoms with van der Waals surface area (Å²) < 4.78 is 18.3. The fourth-order valence-electron chi connectivity index (χ4n) is 1.72. The smallest absolute Gasteiger partial charge is 0.157 e. The standard InChI is InChI=1S/C13H14FN3O/c1-8-3-4-9(14)5-10(8)11-6-12(15)17-13(16-11)7-18-2/h3-6H,7H2,1-2H3,(H2,15,16,17). The lowest BCUT2D eigenvalue weighted by Gasteiger charge is -2.08. The summed E-state index contributed by atoms with van der Waals surface area (Å²) in [6.07, 6.45) is 0. The minimum atomic E-state index is -0.305. The first kappa shape index (κ1) is 12.4. The third kappa shape index (κ3) is 2.62. The Labute approximate surface area is 105 Å². The molecule has 2 aromatic rings. The fourth-order valence-corrected chi connectivity index (χ4v) is 1.72. The van der Waals surface area contributed by atoms with E-state index in [4.69, 9.17) is 10.5 Å². The third-order valence-corrected chi connectivity index (χ3v) is 2.54. The van der Waals surface area contributed by atoms with Crippen molar-refractivity contribution in [2.24, 2.45) is 0 Å². The van der Waals surface area contributed by atoms with E-state index in [1.807, 2.05) is 6.92 Å². The lowest BCUT2D eigenvalue weighted by Crippen LogP contribution is -2.03. The predicted octanol–water partition coefficient (Wildman–Crippen LogP) is 2.32. The van der Waals surface area contributed by atoms with Crippen molar-refractivity contribution in [2.75, 3.05) is 12.8 Å². The van der Waals surface area contributed by atoms with Gasteiger partial charge in [-0.05, 0) is 24.6 Å². The SMILES string of the molecule is COCc1nc(N)cc(-c2cc(F)ccc2C)n1. The Bertz CT molecular complexity index is 572. The molecule has 4 nitrogen and oxygen atoms in total. The van der Waals surface area contributed by atoms with Gasteiger partial charge >= 0.3 is 0 Å². The van der Waals surface area contributed by atoms with E-state index >= 15 is 0 Å². The van der Waals surface area contributed by atoms with Crippen LogP contribution in [-0.4, -0.2) is 17.1 Å². The van der Waals surface area contributed by atoms with Crippen molar-refractivity contribution in [3.63, 3.8) is 0 Å². The second kappa shape index (κ2) is 5.10. The average molecular weight is 247 g/mol. The molecule has 1 aromatic carbocycles. The van der Waals surface area contributed by atoms with Crippen LogP contribution < -0.4 is 5.73 Å². The van der Waals surface area contributed by atoms with E-state index in [2.05, 4.69) is 9.97 Å². The Hall–Kier alpha value is -2.01. The third-order valence-electron chi connectivity index (χ3n) is 2.54. The second-order valence-corrected chi connectivity index (χ2v) is 3.99. The summed E-state index contributed by atoms with van der Waals surface area (Å²) in [5.74, 6) is 0.521. The Kier molecular flexibility index (Phi) is 3.53. The molecule has 18 heavy (non-hydrogen) atoms. The molecule has 0 amide bonds. The van der Waals surface area contributed by atoms with E-state index in [9.17, 15) is 4.39 Å². The van der Waals surface area contributed by atoms with Gasteiger partial charge in [0.05, 0.1) is 5.69 Å². The molecule has 0 saturated heterocycles. The van der Waals surface area contributed by atoms with Gasteiger partial charge in [-0.25, -0.2) is 14.4 Å². The highest BCUT2D eigenvalue weighted by molar-refractivity contribution is 5.65. The highest BCUT2D eigenvalue weighted by Gasteiger charge is 2.08. The molecule has 94 valence electrons. The number of halogens is 1. The molecular formula is C13H14FN3O. The molecule has 0 radical (unpaired) electrons. The summed E-state index contributed by atoms with van der Waals surface area (Å²) in [5, 5.41) is 0. The van der Waals surface area contributed by atoms with Gasteiger partial charge in [-0.3, -0.25) is 0 Å². The first-order valence-electron chi connectivity index (χ1n) is 5.49. The van der Waals surface area contributed by atoms with Gasteiger partial charge in [0, 0.05) is 18.7 Å². The van der Waals surface area contributed by atoms with Crippen LogP contribution in [0.5, 0.6) is 0 Å². The van der Waals surface area contributed by atoms with Crippen LogP contribution in [0.25, 0.3) is 11.3 Å².